The zero-order chi connectivity index (χ0) is 8.10. The maximum atomic E-state index is 3.75. The van der Waals surface area contributed by atoms with Gasteiger partial charge in [0.15, 0.2) is 0 Å². The molecule has 0 saturated heterocycles. The predicted octanol–water partition coefficient (Wildman–Crippen LogP) is 2.20. The summed E-state index contributed by atoms with van der Waals surface area (Å²) in [6, 6.07) is 7.88. The molecule has 1 aromatic carbocycles. The topological polar surface area (TPSA) is 28.7 Å². The summed E-state index contributed by atoms with van der Waals surface area (Å²) in [6.07, 6.45) is 2.81. The van der Waals surface area contributed by atoms with Crippen LogP contribution < -0.4 is 0 Å². The van der Waals surface area contributed by atoms with E-state index in [2.05, 4.69) is 23.3 Å². The van der Waals surface area contributed by atoms with E-state index in [1.807, 2.05) is 24.3 Å². The molecule has 1 N–H and O–H groups in total. The van der Waals surface area contributed by atoms with Gasteiger partial charge in [-0.05, 0) is 11.7 Å². The van der Waals surface area contributed by atoms with E-state index < -0.39 is 0 Å². The molecule has 1 aromatic heterocycles. The summed E-state index contributed by atoms with van der Waals surface area (Å²) in [5.41, 5.74) is 1.04. The zero-order valence-corrected chi connectivity index (χ0v) is 9.56. The Labute approximate surface area is 86.0 Å². The Morgan fingerprint density at radius 3 is 2.67 bits per heavy atom. The number of hydrogen-bond acceptors (Lipinski definition) is 1. The van der Waals surface area contributed by atoms with Gasteiger partial charge < -0.3 is 12.0 Å². The van der Waals surface area contributed by atoms with Crippen LogP contribution in [0.2, 0.25) is 0 Å². The normalized spacial score (nSPS) is 8.17. The van der Waals surface area contributed by atoms with E-state index in [-0.39, 0.29) is 20.4 Å². The Kier molecular flexibility index (Phi) is 5.61. The minimum absolute atomic E-state index is 0. The summed E-state index contributed by atoms with van der Waals surface area (Å²) in [4.78, 5) is 0. The van der Waals surface area contributed by atoms with E-state index in [0.717, 1.165) is 10.9 Å². The van der Waals surface area contributed by atoms with Crippen LogP contribution in [0.1, 0.15) is 6.92 Å². The van der Waals surface area contributed by atoms with Crippen molar-refractivity contribution < 1.29 is 20.4 Å². The first-order valence-corrected chi connectivity index (χ1v) is 3.48. The SMILES string of the molecule is [CH2-]C.[Re].[c-]1n[nH]c2ccccc12. The first kappa shape index (κ1) is 11.4. The van der Waals surface area contributed by atoms with Crippen LogP contribution in [0.5, 0.6) is 0 Å². The molecule has 2 rings (SSSR count). The van der Waals surface area contributed by atoms with Gasteiger partial charge >= 0.3 is 0 Å². The molecule has 0 unspecified atom stereocenters. The van der Waals surface area contributed by atoms with Crippen molar-refractivity contribution in [1.29, 1.82) is 0 Å². The number of nitrogens with one attached hydrogen (secondary N) is 1. The van der Waals surface area contributed by atoms with Crippen LogP contribution in [0.3, 0.4) is 0 Å². The van der Waals surface area contributed by atoms with Crippen LogP contribution in [0.4, 0.5) is 0 Å². The fraction of sp³-hybridized carbons (Fsp3) is 0.111. The molecule has 0 aliphatic heterocycles. The van der Waals surface area contributed by atoms with Gasteiger partial charge in [-0.2, -0.15) is 13.0 Å². The molecule has 3 heteroatoms. The largest absolute Gasteiger partial charge is 0.346 e. The van der Waals surface area contributed by atoms with Crippen molar-refractivity contribution in [2.75, 3.05) is 0 Å². The van der Waals surface area contributed by atoms with E-state index >= 15 is 0 Å². The maximum Gasteiger partial charge on any atom is 0 e. The van der Waals surface area contributed by atoms with E-state index in [4.69, 9.17) is 0 Å². The summed E-state index contributed by atoms with van der Waals surface area (Å²) in [7, 11) is 0. The van der Waals surface area contributed by atoms with Gasteiger partial charge in [0.2, 0.25) is 0 Å². The van der Waals surface area contributed by atoms with Gasteiger partial charge in [-0.15, -0.1) is 11.5 Å². The first-order valence-electron chi connectivity index (χ1n) is 3.48. The second-order valence-corrected chi connectivity index (χ2v) is 1.88. The van der Waals surface area contributed by atoms with Crippen molar-refractivity contribution in [2.24, 2.45) is 0 Å². The number of fused-ring (bicyclic) bond motifs is 1. The molecule has 2 aromatic rings. The van der Waals surface area contributed by atoms with Gasteiger partial charge in [-0.25, -0.2) is 0 Å². The summed E-state index contributed by atoms with van der Waals surface area (Å²) in [5.74, 6) is 0. The van der Waals surface area contributed by atoms with Crippen LogP contribution in [0.25, 0.3) is 10.9 Å². The molecule has 65 valence electrons. The fourth-order valence-corrected chi connectivity index (χ4v) is 0.827. The fourth-order valence-electron chi connectivity index (χ4n) is 0.827. The average molecular weight is 332 g/mol. The van der Waals surface area contributed by atoms with Crippen molar-refractivity contribution in [2.45, 2.75) is 6.92 Å². The van der Waals surface area contributed by atoms with Crippen molar-refractivity contribution in [3.63, 3.8) is 0 Å². The Hall–Kier alpha value is -0.648. The minimum atomic E-state index is 0. The number of rotatable bonds is 0. The van der Waals surface area contributed by atoms with Gasteiger partial charge in [0, 0.05) is 20.4 Å². The van der Waals surface area contributed by atoms with Crippen LogP contribution in [0, 0.1) is 13.1 Å². The molecule has 0 amide bonds. The quantitative estimate of drug-likeness (QED) is 0.736. The molecule has 0 spiro atoms. The number of nitrogens with zero attached hydrogens (tertiary/aromatic N) is 1. The second kappa shape index (κ2) is 5.93. The predicted molar refractivity (Wildman–Crippen MR) is 46.0 cm³/mol. The summed E-state index contributed by atoms with van der Waals surface area (Å²) < 4.78 is 0. The Morgan fingerprint density at radius 1 is 1.33 bits per heavy atom. The third-order valence-electron chi connectivity index (χ3n) is 1.28. The number of hydrogen-bond donors (Lipinski definition) is 1. The van der Waals surface area contributed by atoms with Crippen molar-refractivity contribution in [3.8, 4) is 0 Å². The van der Waals surface area contributed by atoms with Gasteiger partial charge in [-0.3, -0.25) is 5.10 Å². The van der Waals surface area contributed by atoms with Crippen LogP contribution in [0.15, 0.2) is 24.3 Å². The molecule has 0 fully saturated rings. The Bertz CT molecular complexity index is 287. The van der Waals surface area contributed by atoms with Crippen molar-refractivity contribution in [1.82, 2.24) is 10.2 Å². The number of aromatic nitrogens is 2. The van der Waals surface area contributed by atoms with Gasteiger partial charge in [0.25, 0.3) is 0 Å². The molecule has 12 heavy (non-hydrogen) atoms. The Balaban J connectivity index is 0.000000378. The van der Waals surface area contributed by atoms with E-state index in [9.17, 15) is 0 Å². The standard InChI is InChI=1S/C7H5N2.C2H5.Re/c1-2-4-7-6(3-1)5-8-9-7;1-2;/h1-4H,(H,8,9);1H2,2H3;/q2*-1;. The minimum Gasteiger partial charge on any atom is -0.346 e. The Morgan fingerprint density at radius 2 is 2.00 bits per heavy atom. The van der Waals surface area contributed by atoms with E-state index in [1.165, 1.54) is 0 Å². The van der Waals surface area contributed by atoms with Gasteiger partial charge in [0.1, 0.15) is 0 Å². The molecule has 2 nitrogen and oxygen atoms in total. The summed E-state index contributed by atoms with van der Waals surface area (Å²) >= 11 is 0. The molecule has 0 saturated carbocycles. The number of para-hydroxylation sites is 1. The molecular weight excluding hydrogens is 322 g/mol. The molecule has 1 heterocycles. The van der Waals surface area contributed by atoms with Crippen molar-refractivity contribution >= 4 is 10.9 Å². The number of H-pyrrole nitrogens is 1. The molecule has 0 aliphatic rings. The number of benzene rings is 1. The zero-order valence-electron chi connectivity index (χ0n) is 6.84. The average Bonchev–Trinajstić information content (AvgIpc) is 2.55. The molecule has 1 radical (unpaired) electrons. The van der Waals surface area contributed by atoms with Crippen molar-refractivity contribution in [3.05, 3.63) is 37.4 Å². The smallest absolute Gasteiger partial charge is 0 e. The molecular formula is C9H10N2Re-2. The first-order chi connectivity index (χ1) is 5.47. The maximum absolute atomic E-state index is 3.75. The van der Waals surface area contributed by atoms with Crippen LogP contribution in [-0.4, -0.2) is 10.2 Å². The van der Waals surface area contributed by atoms with Crippen LogP contribution in [-0.2, 0) is 20.4 Å². The van der Waals surface area contributed by atoms with E-state index in [0.29, 0.717) is 0 Å². The molecule has 0 atom stereocenters. The van der Waals surface area contributed by atoms with Crippen LogP contribution >= 0.6 is 0 Å². The number of aromatic amines is 1. The van der Waals surface area contributed by atoms with Gasteiger partial charge in [0.05, 0.1) is 0 Å². The molecule has 0 aliphatic carbocycles. The summed E-state index contributed by atoms with van der Waals surface area (Å²) in [5, 5.41) is 7.60. The third-order valence-corrected chi connectivity index (χ3v) is 1.28. The monoisotopic (exact) mass is 333 g/mol. The molecule has 0 bridgehead atoms. The van der Waals surface area contributed by atoms with E-state index in [1.54, 1.807) is 6.92 Å². The summed E-state index contributed by atoms with van der Waals surface area (Å²) in [6.45, 7) is 5.00. The second-order valence-electron chi connectivity index (χ2n) is 1.88. The third kappa shape index (κ3) is 2.44. The van der Waals surface area contributed by atoms with Gasteiger partial charge in [-0.1, -0.05) is 12.1 Å².